The van der Waals surface area contributed by atoms with Gasteiger partial charge >= 0.3 is 11.9 Å². The molecule has 94 heavy (non-hydrogen) atoms. The fourth-order valence-electron chi connectivity index (χ4n) is 10.7. The zero-order chi connectivity index (χ0) is 68.3. The van der Waals surface area contributed by atoms with Crippen LogP contribution >= 0.6 is 7.82 Å². The predicted molar refractivity (Wildman–Crippen MR) is 406 cm³/mol. The van der Waals surface area contributed by atoms with Crippen molar-refractivity contribution in [2.45, 2.75) is 341 Å². The summed E-state index contributed by atoms with van der Waals surface area (Å²) in [6.45, 7) is 4.15. The highest BCUT2D eigenvalue weighted by atomic mass is 31.2. The second-order valence-electron chi connectivity index (χ2n) is 27.0. The average Bonchev–Trinajstić information content (AvgIpc) is 1.57. The standard InChI is InChI=1S/C84H146NO8P/c1-6-8-10-12-14-16-18-20-22-24-26-28-30-32-34-36-37-38-39-40-41-42-43-44-45-46-47-49-51-53-55-57-59-61-63-65-67-69-71-73-75-77-84(87)93-82(81-92-94(88,89)91-79-78-85(3,4)5)80-90-83(86)76-74-72-70-68-66-64-62-60-58-56-54-52-50-48-35-33-31-29-27-25-23-21-19-17-15-13-11-9-7-2/h8,10,14,16,20,22,25-28,32,34,37-38,40-41,43-44,46-47,51,53,82H,6-7,9,11-13,15,17-19,21,23-24,29-31,33,35-36,39,42,45,48-50,52,54-81H2,1-5H3/b10-8-,16-14-,22-20-,27-25-,28-26-,34-32-,38-37-,41-40-,44-43-,47-46-,53-51-. The third kappa shape index (κ3) is 77.2. The maximum Gasteiger partial charge on any atom is 0.306 e. The van der Waals surface area contributed by atoms with Gasteiger partial charge in [0.15, 0.2) is 6.10 Å². The highest BCUT2D eigenvalue weighted by Gasteiger charge is 2.22. The van der Waals surface area contributed by atoms with Crippen LogP contribution in [-0.2, 0) is 32.7 Å². The number of phosphoric ester groups is 1. The lowest BCUT2D eigenvalue weighted by Crippen LogP contribution is -2.37. The molecule has 0 bridgehead atoms. The molecule has 0 radical (unpaired) electrons. The van der Waals surface area contributed by atoms with Gasteiger partial charge in [0.1, 0.15) is 19.8 Å². The van der Waals surface area contributed by atoms with Gasteiger partial charge in [-0.05, 0) is 116 Å². The molecule has 0 amide bonds. The topological polar surface area (TPSA) is 111 Å². The van der Waals surface area contributed by atoms with Crippen LogP contribution in [-0.4, -0.2) is 70.0 Å². The number of likely N-dealkylation sites (N-methyl/N-ethyl adjacent to an activating group) is 1. The predicted octanol–water partition coefficient (Wildman–Crippen LogP) is 25.3. The molecule has 0 spiro atoms. The van der Waals surface area contributed by atoms with Crippen LogP contribution in [0.4, 0.5) is 0 Å². The van der Waals surface area contributed by atoms with Gasteiger partial charge in [-0.2, -0.15) is 0 Å². The first-order valence-electron chi connectivity index (χ1n) is 38.9. The highest BCUT2D eigenvalue weighted by molar-refractivity contribution is 7.45. The van der Waals surface area contributed by atoms with Crippen LogP contribution in [0.25, 0.3) is 0 Å². The molecule has 0 N–H and O–H groups in total. The molecule has 0 rings (SSSR count). The fourth-order valence-corrected chi connectivity index (χ4v) is 11.5. The maximum atomic E-state index is 12.9. The first-order valence-corrected chi connectivity index (χ1v) is 40.4. The first-order chi connectivity index (χ1) is 46.0. The van der Waals surface area contributed by atoms with Crippen molar-refractivity contribution in [2.24, 2.45) is 0 Å². The molecule has 0 saturated heterocycles. The van der Waals surface area contributed by atoms with Crippen molar-refractivity contribution in [1.29, 1.82) is 0 Å². The van der Waals surface area contributed by atoms with Gasteiger partial charge in [-0.1, -0.05) is 340 Å². The van der Waals surface area contributed by atoms with Crippen LogP contribution in [0.5, 0.6) is 0 Å². The summed E-state index contributed by atoms with van der Waals surface area (Å²) in [6.07, 6.45) is 107. The van der Waals surface area contributed by atoms with Gasteiger partial charge in [-0.25, -0.2) is 0 Å². The van der Waals surface area contributed by atoms with Gasteiger partial charge in [0.05, 0.1) is 27.7 Å². The Hall–Kier alpha value is -3.85. The molecule has 0 aliphatic carbocycles. The summed E-state index contributed by atoms with van der Waals surface area (Å²) in [5, 5.41) is 0. The average molecular weight is 1330 g/mol. The van der Waals surface area contributed by atoms with Crippen molar-refractivity contribution < 1.29 is 42.1 Å². The molecule has 0 heterocycles. The Morgan fingerprint density at radius 2 is 0.606 bits per heavy atom. The van der Waals surface area contributed by atoms with Crippen molar-refractivity contribution in [1.82, 2.24) is 0 Å². The number of ether oxygens (including phenoxy) is 2. The van der Waals surface area contributed by atoms with E-state index in [-0.39, 0.29) is 32.0 Å². The lowest BCUT2D eigenvalue weighted by molar-refractivity contribution is -0.870. The monoisotopic (exact) mass is 1330 g/mol. The maximum absolute atomic E-state index is 12.9. The molecule has 2 atom stereocenters. The summed E-state index contributed by atoms with van der Waals surface area (Å²) in [4.78, 5) is 38.2. The van der Waals surface area contributed by atoms with Crippen molar-refractivity contribution >= 4 is 19.8 Å². The molecule has 0 aliphatic rings. The Balaban J connectivity index is 4.04. The number of allylic oxidation sites excluding steroid dienone is 22. The van der Waals surface area contributed by atoms with E-state index in [0.29, 0.717) is 17.4 Å². The zero-order valence-electron chi connectivity index (χ0n) is 61.6. The molecule has 0 fully saturated rings. The number of unbranched alkanes of at least 4 members (excludes halogenated alkanes) is 35. The summed E-state index contributed by atoms with van der Waals surface area (Å²) >= 11 is 0. The van der Waals surface area contributed by atoms with E-state index in [0.717, 1.165) is 109 Å². The third-order valence-electron chi connectivity index (χ3n) is 16.7. The van der Waals surface area contributed by atoms with E-state index < -0.39 is 26.5 Å². The number of carbonyl (C=O) groups is 2. The summed E-state index contributed by atoms with van der Waals surface area (Å²) in [7, 11) is 1.16. The molecule has 10 heteroatoms. The van der Waals surface area contributed by atoms with Gasteiger partial charge in [-0.3, -0.25) is 14.2 Å². The largest absolute Gasteiger partial charge is 0.756 e. The Morgan fingerprint density at radius 3 is 0.915 bits per heavy atom. The van der Waals surface area contributed by atoms with E-state index in [1.165, 1.54) is 193 Å². The number of hydrogen-bond donors (Lipinski definition) is 0. The second kappa shape index (κ2) is 73.4. The minimum absolute atomic E-state index is 0.0357. The molecule has 540 valence electrons. The van der Waals surface area contributed by atoms with Gasteiger partial charge in [0, 0.05) is 12.8 Å². The molecule has 0 saturated carbocycles. The van der Waals surface area contributed by atoms with E-state index >= 15 is 0 Å². The number of quaternary nitrogens is 1. The molecule has 9 nitrogen and oxygen atoms in total. The molecule has 0 aromatic rings. The van der Waals surface area contributed by atoms with Gasteiger partial charge in [0.2, 0.25) is 0 Å². The van der Waals surface area contributed by atoms with Crippen LogP contribution in [0.2, 0.25) is 0 Å². The molecule has 0 aromatic carbocycles. The van der Waals surface area contributed by atoms with Crippen molar-refractivity contribution in [3.8, 4) is 0 Å². The van der Waals surface area contributed by atoms with Crippen molar-refractivity contribution in [3.05, 3.63) is 134 Å². The summed E-state index contributed by atoms with van der Waals surface area (Å²) in [5.41, 5.74) is 0. The summed E-state index contributed by atoms with van der Waals surface area (Å²) in [6, 6.07) is 0. The Labute approximate surface area is 581 Å². The van der Waals surface area contributed by atoms with Gasteiger partial charge in [0.25, 0.3) is 7.82 Å². The Morgan fingerprint density at radius 1 is 0.340 bits per heavy atom. The number of rotatable bonds is 71. The van der Waals surface area contributed by atoms with Crippen molar-refractivity contribution in [2.75, 3.05) is 47.5 Å². The first kappa shape index (κ1) is 90.2. The van der Waals surface area contributed by atoms with Gasteiger partial charge in [-0.15, -0.1) is 0 Å². The van der Waals surface area contributed by atoms with E-state index in [4.69, 9.17) is 18.5 Å². The number of phosphoric acid groups is 1. The number of hydrogen-bond acceptors (Lipinski definition) is 8. The molecule has 0 aromatic heterocycles. The zero-order valence-corrected chi connectivity index (χ0v) is 62.5. The molecule has 2 unspecified atom stereocenters. The number of esters is 2. The van der Waals surface area contributed by atoms with Crippen LogP contribution < -0.4 is 4.89 Å². The fraction of sp³-hybridized carbons (Fsp3) is 0.714. The molecular weight excluding hydrogens is 1180 g/mol. The molecular formula is C84H146NO8P. The van der Waals surface area contributed by atoms with E-state index in [9.17, 15) is 19.0 Å². The van der Waals surface area contributed by atoms with Crippen molar-refractivity contribution in [3.63, 3.8) is 0 Å². The van der Waals surface area contributed by atoms with E-state index in [1.54, 1.807) is 0 Å². The third-order valence-corrected chi connectivity index (χ3v) is 17.6. The second-order valence-corrected chi connectivity index (χ2v) is 28.4. The van der Waals surface area contributed by atoms with E-state index in [1.807, 2.05) is 21.1 Å². The summed E-state index contributed by atoms with van der Waals surface area (Å²) in [5.74, 6) is -0.832. The van der Waals surface area contributed by atoms with Gasteiger partial charge < -0.3 is 27.9 Å². The Kier molecular flexibility index (Phi) is 70.4. The minimum Gasteiger partial charge on any atom is -0.756 e. The van der Waals surface area contributed by atoms with Crippen LogP contribution in [0.15, 0.2) is 134 Å². The minimum atomic E-state index is -4.65. The number of carbonyl (C=O) groups excluding carboxylic acids is 2. The van der Waals surface area contributed by atoms with E-state index in [2.05, 4.69) is 148 Å². The smallest absolute Gasteiger partial charge is 0.306 e. The lowest BCUT2D eigenvalue weighted by atomic mass is 10.0. The normalized spacial score (nSPS) is 13.8. The lowest BCUT2D eigenvalue weighted by Gasteiger charge is -2.28. The quantitative estimate of drug-likeness (QED) is 0.0195. The van der Waals surface area contributed by atoms with Crippen LogP contribution in [0.3, 0.4) is 0 Å². The number of nitrogens with zero attached hydrogens (tertiary/aromatic N) is 1. The SMILES string of the molecule is CC/C=C\C/C=C\C/C=C\C/C=C\C/C=C\C/C=C\C/C=C\C/C=C\C/C=C\C/C=C\CCCCCCCCCCCCC(=O)OC(COC(=O)CCCCCCCCCCCCCCCCCCC/C=C\CCCCCCCCCC)COP(=O)([O-])OCC[N+](C)(C)C. The highest BCUT2D eigenvalue weighted by Crippen LogP contribution is 2.38. The Bertz CT molecular complexity index is 2050. The van der Waals surface area contributed by atoms with Crippen LogP contribution in [0, 0.1) is 0 Å². The summed E-state index contributed by atoms with van der Waals surface area (Å²) < 4.78 is 34.4. The molecule has 0 aliphatic heterocycles. The van der Waals surface area contributed by atoms with Crippen LogP contribution in [0.1, 0.15) is 335 Å².